The van der Waals surface area contributed by atoms with Crippen LogP contribution in [0.15, 0.2) is 17.5 Å². The minimum atomic E-state index is -0.536. The lowest BCUT2D eigenvalue weighted by Gasteiger charge is -2.22. The molecule has 4 nitrogen and oxygen atoms in total. The highest BCUT2D eigenvalue weighted by Gasteiger charge is 2.20. The van der Waals surface area contributed by atoms with E-state index in [4.69, 9.17) is 5.73 Å². The summed E-state index contributed by atoms with van der Waals surface area (Å²) in [7, 11) is 0. The Hall–Kier alpha value is -0.910. The summed E-state index contributed by atoms with van der Waals surface area (Å²) < 4.78 is 0. The molecule has 1 aliphatic heterocycles. The molecule has 2 rings (SSSR count). The van der Waals surface area contributed by atoms with Crippen LogP contribution < -0.4 is 11.1 Å². The molecule has 3 N–H and O–H groups in total. The highest BCUT2D eigenvalue weighted by molar-refractivity contribution is 7.10. The first kappa shape index (κ1) is 13.5. The number of thiophene rings is 1. The molecule has 18 heavy (non-hydrogen) atoms. The van der Waals surface area contributed by atoms with Crippen LogP contribution in [0.5, 0.6) is 0 Å². The summed E-state index contributed by atoms with van der Waals surface area (Å²) in [5, 5.41) is 4.94. The molecule has 1 aromatic heterocycles. The first-order valence-electron chi connectivity index (χ1n) is 6.48. The second kappa shape index (κ2) is 6.31. The number of likely N-dealkylation sites (tertiary alicyclic amines) is 1. The molecule has 2 unspecified atom stereocenters. The SMILES string of the molecule is CC(CN1CCCC1)NC(=O)C(N)c1cccs1. The normalized spacial score (nSPS) is 19.7. The van der Waals surface area contributed by atoms with E-state index in [0.717, 1.165) is 24.5 Å². The Labute approximate surface area is 112 Å². The van der Waals surface area contributed by atoms with Crippen LogP contribution in [0.2, 0.25) is 0 Å². The van der Waals surface area contributed by atoms with E-state index in [2.05, 4.69) is 10.2 Å². The molecule has 1 saturated heterocycles. The van der Waals surface area contributed by atoms with E-state index in [-0.39, 0.29) is 11.9 Å². The summed E-state index contributed by atoms with van der Waals surface area (Å²) >= 11 is 1.52. The summed E-state index contributed by atoms with van der Waals surface area (Å²) in [4.78, 5) is 15.3. The predicted octanol–water partition coefficient (Wildman–Crippen LogP) is 1.35. The molecule has 2 atom stereocenters. The molecule has 0 saturated carbocycles. The zero-order chi connectivity index (χ0) is 13.0. The van der Waals surface area contributed by atoms with Gasteiger partial charge in [0.2, 0.25) is 5.91 Å². The van der Waals surface area contributed by atoms with Crippen molar-refractivity contribution in [3.05, 3.63) is 22.4 Å². The number of carbonyl (C=O) groups excluding carboxylic acids is 1. The van der Waals surface area contributed by atoms with Crippen molar-refractivity contribution >= 4 is 17.2 Å². The average molecular weight is 267 g/mol. The molecule has 0 spiro atoms. The summed E-state index contributed by atoms with van der Waals surface area (Å²) in [5.74, 6) is -0.0795. The van der Waals surface area contributed by atoms with Gasteiger partial charge in [0.1, 0.15) is 6.04 Å². The van der Waals surface area contributed by atoms with Crippen LogP contribution in [0, 0.1) is 0 Å². The van der Waals surface area contributed by atoms with Gasteiger partial charge in [-0.05, 0) is 44.3 Å². The summed E-state index contributed by atoms with van der Waals surface area (Å²) in [6.07, 6.45) is 2.55. The molecular weight excluding hydrogens is 246 g/mol. The first-order valence-corrected chi connectivity index (χ1v) is 7.36. The van der Waals surface area contributed by atoms with E-state index >= 15 is 0 Å². The molecule has 1 aliphatic rings. The van der Waals surface area contributed by atoms with Crippen molar-refractivity contribution in [1.82, 2.24) is 10.2 Å². The van der Waals surface area contributed by atoms with Gasteiger partial charge in [-0.25, -0.2) is 0 Å². The number of hydrogen-bond acceptors (Lipinski definition) is 4. The minimum absolute atomic E-state index is 0.0795. The van der Waals surface area contributed by atoms with Crippen LogP contribution in [0.3, 0.4) is 0 Å². The van der Waals surface area contributed by atoms with Gasteiger partial charge in [0.15, 0.2) is 0 Å². The molecule has 2 heterocycles. The van der Waals surface area contributed by atoms with Gasteiger partial charge in [0, 0.05) is 17.5 Å². The van der Waals surface area contributed by atoms with Crippen LogP contribution in [0.4, 0.5) is 0 Å². The van der Waals surface area contributed by atoms with E-state index in [1.807, 2.05) is 24.4 Å². The monoisotopic (exact) mass is 267 g/mol. The van der Waals surface area contributed by atoms with Crippen LogP contribution >= 0.6 is 11.3 Å². The lowest BCUT2D eigenvalue weighted by Crippen LogP contribution is -2.44. The highest BCUT2D eigenvalue weighted by atomic mass is 32.1. The van der Waals surface area contributed by atoms with E-state index in [1.54, 1.807) is 0 Å². The number of rotatable bonds is 5. The molecule has 100 valence electrons. The summed E-state index contributed by atoms with van der Waals surface area (Å²) in [6.45, 7) is 5.26. The molecule has 1 aromatic rings. The number of hydrogen-bond donors (Lipinski definition) is 2. The Balaban J connectivity index is 1.79. The second-order valence-electron chi connectivity index (χ2n) is 4.91. The fraction of sp³-hybridized carbons (Fsp3) is 0.615. The lowest BCUT2D eigenvalue weighted by molar-refractivity contribution is -0.123. The van der Waals surface area contributed by atoms with Crippen molar-refractivity contribution in [3.63, 3.8) is 0 Å². The summed E-state index contributed by atoms with van der Waals surface area (Å²) in [6, 6.07) is 3.44. The molecular formula is C13H21N3OS. The Kier molecular flexibility index (Phi) is 4.74. The number of nitrogens with one attached hydrogen (secondary N) is 1. The van der Waals surface area contributed by atoms with Crippen LogP contribution in [-0.4, -0.2) is 36.5 Å². The zero-order valence-corrected chi connectivity index (χ0v) is 11.6. The topological polar surface area (TPSA) is 58.4 Å². The fourth-order valence-corrected chi connectivity index (χ4v) is 3.05. The predicted molar refractivity (Wildman–Crippen MR) is 74.5 cm³/mol. The maximum absolute atomic E-state index is 12.0. The number of carbonyl (C=O) groups is 1. The van der Waals surface area contributed by atoms with E-state index < -0.39 is 6.04 Å². The third-order valence-electron chi connectivity index (χ3n) is 3.25. The molecule has 1 amide bonds. The molecule has 0 aromatic carbocycles. The Morgan fingerprint density at radius 2 is 2.28 bits per heavy atom. The van der Waals surface area contributed by atoms with Gasteiger partial charge in [-0.3, -0.25) is 4.79 Å². The Bertz CT molecular complexity index is 374. The van der Waals surface area contributed by atoms with Crippen molar-refractivity contribution < 1.29 is 4.79 Å². The maximum Gasteiger partial charge on any atom is 0.242 e. The standard InChI is InChI=1S/C13H21N3OS/c1-10(9-16-6-2-3-7-16)15-13(17)12(14)11-5-4-8-18-11/h4-5,8,10,12H,2-3,6-7,9,14H2,1H3,(H,15,17). The van der Waals surface area contributed by atoms with E-state index in [0.29, 0.717) is 0 Å². The van der Waals surface area contributed by atoms with Gasteiger partial charge in [-0.1, -0.05) is 6.07 Å². The molecule has 0 aliphatic carbocycles. The number of nitrogens with zero attached hydrogens (tertiary/aromatic N) is 1. The number of nitrogens with two attached hydrogens (primary N) is 1. The molecule has 0 bridgehead atoms. The Morgan fingerprint density at radius 1 is 1.56 bits per heavy atom. The highest BCUT2D eigenvalue weighted by Crippen LogP contribution is 2.17. The van der Waals surface area contributed by atoms with Crippen molar-refractivity contribution in [1.29, 1.82) is 0 Å². The van der Waals surface area contributed by atoms with Gasteiger partial charge in [-0.15, -0.1) is 11.3 Å². The lowest BCUT2D eigenvalue weighted by atomic mass is 10.2. The number of amides is 1. The second-order valence-corrected chi connectivity index (χ2v) is 5.89. The third kappa shape index (κ3) is 3.54. The van der Waals surface area contributed by atoms with Crippen molar-refractivity contribution in [2.75, 3.05) is 19.6 Å². The van der Waals surface area contributed by atoms with Gasteiger partial charge < -0.3 is 16.0 Å². The van der Waals surface area contributed by atoms with Gasteiger partial charge in [0.25, 0.3) is 0 Å². The average Bonchev–Trinajstić information content (AvgIpc) is 2.99. The smallest absolute Gasteiger partial charge is 0.242 e. The van der Waals surface area contributed by atoms with Gasteiger partial charge in [0.05, 0.1) is 0 Å². The first-order chi connectivity index (χ1) is 8.66. The van der Waals surface area contributed by atoms with E-state index in [1.165, 1.54) is 24.2 Å². The Morgan fingerprint density at radius 3 is 2.89 bits per heavy atom. The third-order valence-corrected chi connectivity index (χ3v) is 4.21. The van der Waals surface area contributed by atoms with Crippen LogP contribution in [0.1, 0.15) is 30.7 Å². The van der Waals surface area contributed by atoms with Gasteiger partial charge in [-0.2, -0.15) is 0 Å². The van der Waals surface area contributed by atoms with Gasteiger partial charge >= 0.3 is 0 Å². The fourth-order valence-electron chi connectivity index (χ4n) is 2.33. The summed E-state index contributed by atoms with van der Waals surface area (Å²) in [5.41, 5.74) is 5.92. The van der Waals surface area contributed by atoms with Crippen LogP contribution in [0.25, 0.3) is 0 Å². The largest absolute Gasteiger partial charge is 0.351 e. The zero-order valence-electron chi connectivity index (χ0n) is 10.8. The molecule has 1 fully saturated rings. The quantitative estimate of drug-likeness (QED) is 0.846. The van der Waals surface area contributed by atoms with E-state index in [9.17, 15) is 4.79 Å². The molecule has 5 heteroatoms. The van der Waals surface area contributed by atoms with Crippen molar-refractivity contribution in [2.24, 2.45) is 5.73 Å². The maximum atomic E-state index is 12.0. The van der Waals surface area contributed by atoms with Crippen molar-refractivity contribution in [3.8, 4) is 0 Å². The van der Waals surface area contributed by atoms with Crippen molar-refractivity contribution in [2.45, 2.75) is 31.8 Å². The van der Waals surface area contributed by atoms with Crippen LogP contribution in [-0.2, 0) is 4.79 Å². The molecule has 0 radical (unpaired) electrons. The minimum Gasteiger partial charge on any atom is -0.351 e.